The summed E-state index contributed by atoms with van der Waals surface area (Å²) in [5.41, 5.74) is 5.22. The Morgan fingerprint density at radius 3 is 2.60 bits per heavy atom. The summed E-state index contributed by atoms with van der Waals surface area (Å²) in [6, 6.07) is -0.437. The average Bonchev–Trinajstić information content (AvgIpc) is 1.82. The number of hydrogen-bond acceptors (Lipinski definition) is 2. The van der Waals surface area contributed by atoms with Crippen LogP contribution in [0.1, 0.15) is 6.92 Å². The normalized spacial score (nSPS) is 11.5. The lowest BCUT2D eigenvalue weighted by Gasteiger charge is -2.03. The summed E-state index contributed by atoms with van der Waals surface area (Å²) in [6.07, 6.45) is 0. The van der Waals surface area contributed by atoms with E-state index >= 15 is 0 Å². The second kappa shape index (κ2) is 7.12. The maximum Gasteiger partial charge on any atom is 0.236 e. The zero-order valence-electron chi connectivity index (χ0n) is 5.76. The number of alkyl halides is 1. The molecular weight excluding hydrogens is 175 g/mol. The highest BCUT2D eigenvalue weighted by molar-refractivity contribution is 6.18. The van der Waals surface area contributed by atoms with Crippen molar-refractivity contribution in [3.05, 3.63) is 0 Å². The van der Waals surface area contributed by atoms with Gasteiger partial charge < -0.3 is 11.1 Å². The lowest BCUT2D eigenvalue weighted by atomic mass is 10.3. The molecule has 0 fully saturated rings. The van der Waals surface area contributed by atoms with Gasteiger partial charge in [0.2, 0.25) is 5.91 Å². The fourth-order valence-corrected chi connectivity index (χ4v) is 0.426. The fourth-order valence-electron chi connectivity index (χ4n) is 0.331. The Labute approximate surface area is 71.7 Å². The SMILES string of the molecule is C[C@H](N)C(=O)NCCCl.Cl. The molecule has 0 aromatic carbocycles. The quantitative estimate of drug-likeness (QED) is 0.616. The highest BCUT2D eigenvalue weighted by Crippen LogP contribution is 1.75. The number of nitrogens with one attached hydrogen (secondary N) is 1. The molecule has 3 N–H and O–H groups in total. The third kappa shape index (κ3) is 6.13. The Bertz CT molecular complexity index is 97.6. The molecule has 0 spiro atoms. The van der Waals surface area contributed by atoms with Crippen LogP contribution in [0.4, 0.5) is 0 Å². The third-order valence-electron chi connectivity index (χ3n) is 0.807. The van der Waals surface area contributed by atoms with Gasteiger partial charge in [0.15, 0.2) is 0 Å². The van der Waals surface area contributed by atoms with Gasteiger partial charge in [-0.25, -0.2) is 0 Å². The Hall–Kier alpha value is 0.01000. The molecule has 1 atom stereocenters. The summed E-state index contributed by atoms with van der Waals surface area (Å²) in [7, 11) is 0. The van der Waals surface area contributed by atoms with Crippen LogP contribution in [0.25, 0.3) is 0 Å². The number of rotatable bonds is 3. The van der Waals surface area contributed by atoms with Crippen LogP contribution in [0.15, 0.2) is 0 Å². The lowest BCUT2D eigenvalue weighted by molar-refractivity contribution is -0.121. The van der Waals surface area contributed by atoms with E-state index in [1.165, 1.54) is 0 Å². The minimum Gasteiger partial charge on any atom is -0.354 e. The summed E-state index contributed by atoms with van der Waals surface area (Å²) in [6.45, 7) is 2.12. The van der Waals surface area contributed by atoms with Crippen LogP contribution >= 0.6 is 24.0 Å². The number of halogens is 2. The number of hydrogen-bond donors (Lipinski definition) is 2. The van der Waals surface area contributed by atoms with Crippen molar-refractivity contribution in [3.8, 4) is 0 Å². The van der Waals surface area contributed by atoms with Crippen molar-refractivity contribution in [1.29, 1.82) is 0 Å². The largest absolute Gasteiger partial charge is 0.354 e. The van der Waals surface area contributed by atoms with E-state index in [0.717, 1.165) is 0 Å². The van der Waals surface area contributed by atoms with Crippen LogP contribution in [-0.2, 0) is 4.79 Å². The molecule has 10 heavy (non-hydrogen) atoms. The molecule has 0 unspecified atom stereocenters. The Morgan fingerprint density at radius 2 is 2.30 bits per heavy atom. The molecule has 0 heterocycles. The van der Waals surface area contributed by atoms with Crippen molar-refractivity contribution in [3.63, 3.8) is 0 Å². The van der Waals surface area contributed by atoms with Gasteiger partial charge in [0.05, 0.1) is 6.04 Å². The zero-order chi connectivity index (χ0) is 7.28. The fraction of sp³-hybridized carbons (Fsp3) is 0.800. The first kappa shape index (κ1) is 12.7. The Balaban J connectivity index is 0. The van der Waals surface area contributed by atoms with E-state index in [4.69, 9.17) is 17.3 Å². The summed E-state index contributed by atoms with van der Waals surface area (Å²) < 4.78 is 0. The van der Waals surface area contributed by atoms with Gasteiger partial charge in [0, 0.05) is 12.4 Å². The molecule has 3 nitrogen and oxygen atoms in total. The number of amides is 1. The monoisotopic (exact) mass is 186 g/mol. The van der Waals surface area contributed by atoms with Crippen LogP contribution in [0, 0.1) is 0 Å². The molecule has 0 aromatic rings. The average molecular weight is 187 g/mol. The van der Waals surface area contributed by atoms with Gasteiger partial charge in [-0.15, -0.1) is 24.0 Å². The van der Waals surface area contributed by atoms with Crippen LogP contribution in [0.3, 0.4) is 0 Å². The summed E-state index contributed by atoms with van der Waals surface area (Å²) >= 11 is 5.29. The van der Waals surface area contributed by atoms with Gasteiger partial charge in [-0.1, -0.05) is 0 Å². The first-order valence-corrected chi connectivity index (χ1v) is 3.31. The van der Waals surface area contributed by atoms with Crippen molar-refractivity contribution in [2.45, 2.75) is 13.0 Å². The van der Waals surface area contributed by atoms with Crippen molar-refractivity contribution in [2.75, 3.05) is 12.4 Å². The first-order valence-electron chi connectivity index (χ1n) is 2.77. The molecule has 0 saturated heterocycles. The summed E-state index contributed by atoms with van der Waals surface area (Å²) in [5, 5.41) is 2.54. The zero-order valence-corrected chi connectivity index (χ0v) is 7.34. The van der Waals surface area contributed by atoms with Gasteiger partial charge in [-0.2, -0.15) is 0 Å². The van der Waals surface area contributed by atoms with Crippen LogP contribution in [-0.4, -0.2) is 24.4 Å². The van der Waals surface area contributed by atoms with Crippen LogP contribution in [0.2, 0.25) is 0 Å². The molecule has 0 aliphatic heterocycles. The van der Waals surface area contributed by atoms with Crippen molar-refractivity contribution in [2.24, 2.45) is 5.73 Å². The number of carbonyl (C=O) groups is 1. The maximum atomic E-state index is 10.6. The van der Waals surface area contributed by atoms with Crippen LogP contribution < -0.4 is 11.1 Å². The van der Waals surface area contributed by atoms with E-state index in [2.05, 4.69) is 5.32 Å². The van der Waals surface area contributed by atoms with E-state index < -0.39 is 6.04 Å². The molecular formula is C5H12Cl2N2O. The summed E-state index contributed by atoms with van der Waals surface area (Å²) in [5.74, 6) is 0.272. The highest BCUT2D eigenvalue weighted by Gasteiger charge is 2.03. The molecule has 0 aliphatic rings. The predicted octanol–water partition coefficient (Wildman–Crippen LogP) is 0.110. The van der Waals surface area contributed by atoms with Crippen molar-refractivity contribution >= 4 is 29.9 Å². The molecule has 0 aliphatic carbocycles. The number of carbonyl (C=O) groups excluding carboxylic acids is 1. The molecule has 0 rings (SSSR count). The molecule has 0 aromatic heterocycles. The Kier molecular flexibility index (Phi) is 9.02. The second-order valence-electron chi connectivity index (χ2n) is 1.77. The third-order valence-corrected chi connectivity index (χ3v) is 0.996. The minimum absolute atomic E-state index is 0. The van der Waals surface area contributed by atoms with Crippen molar-refractivity contribution < 1.29 is 4.79 Å². The maximum absolute atomic E-state index is 10.6. The first-order chi connectivity index (χ1) is 4.18. The van der Waals surface area contributed by atoms with Gasteiger partial charge in [0.1, 0.15) is 0 Å². The molecule has 5 heteroatoms. The van der Waals surface area contributed by atoms with E-state index in [0.29, 0.717) is 12.4 Å². The Morgan fingerprint density at radius 1 is 1.80 bits per heavy atom. The smallest absolute Gasteiger partial charge is 0.236 e. The van der Waals surface area contributed by atoms with Crippen molar-refractivity contribution in [1.82, 2.24) is 5.32 Å². The van der Waals surface area contributed by atoms with Gasteiger partial charge >= 0.3 is 0 Å². The van der Waals surface area contributed by atoms with Crippen LogP contribution in [0.5, 0.6) is 0 Å². The molecule has 0 saturated carbocycles. The standard InChI is InChI=1S/C5H11ClN2O.ClH/c1-4(7)5(9)8-3-2-6;/h4H,2-3,7H2,1H3,(H,8,9);1H/t4-;/m0./s1. The molecule has 62 valence electrons. The van der Waals surface area contributed by atoms with Gasteiger partial charge in [-0.3, -0.25) is 4.79 Å². The van der Waals surface area contributed by atoms with E-state index in [1.54, 1.807) is 6.92 Å². The number of nitrogens with two attached hydrogens (primary N) is 1. The highest BCUT2D eigenvalue weighted by atomic mass is 35.5. The topological polar surface area (TPSA) is 55.1 Å². The van der Waals surface area contributed by atoms with Gasteiger partial charge in [0.25, 0.3) is 0 Å². The van der Waals surface area contributed by atoms with Gasteiger partial charge in [-0.05, 0) is 6.92 Å². The molecule has 1 amide bonds. The predicted molar refractivity (Wildman–Crippen MR) is 44.6 cm³/mol. The molecule has 0 radical (unpaired) electrons. The second-order valence-corrected chi connectivity index (χ2v) is 2.15. The molecule has 0 bridgehead atoms. The lowest BCUT2D eigenvalue weighted by Crippen LogP contribution is -2.39. The minimum atomic E-state index is -0.437. The summed E-state index contributed by atoms with van der Waals surface area (Å²) in [4.78, 5) is 10.6. The van der Waals surface area contributed by atoms with E-state index in [-0.39, 0.29) is 18.3 Å². The van der Waals surface area contributed by atoms with E-state index in [9.17, 15) is 4.79 Å². The van der Waals surface area contributed by atoms with E-state index in [1.807, 2.05) is 0 Å².